The van der Waals surface area contributed by atoms with Crippen molar-refractivity contribution in [1.29, 1.82) is 0 Å². The molecule has 88 valence electrons. The number of aromatic amines is 1. The Labute approximate surface area is 94.5 Å². The molecule has 1 unspecified atom stereocenters. The third kappa shape index (κ3) is 2.24. The van der Waals surface area contributed by atoms with E-state index in [0.717, 1.165) is 30.5 Å². The highest BCUT2D eigenvalue weighted by Gasteiger charge is 2.19. The van der Waals surface area contributed by atoms with E-state index < -0.39 is 0 Å². The zero-order valence-electron chi connectivity index (χ0n) is 9.55. The number of hydrogen-bond acceptors (Lipinski definition) is 4. The van der Waals surface area contributed by atoms with E-state index in [1.807, 2.05) is 0 Å². The zero-order valence-corrected chi connectivity index (χ0v) is 9.55. The second-order valence-electron chi connectivity index (χ2n) is 4.40. The lowest BCUT2D eigenvalue weighted by molar-refractivity contribution is 0.489. The Morgan fingerprint density at radius 1 is 1.62 bits per heavy atom. The molecule has 1 aliphatic carbocycles. The SMILES string of the molecule is CC1CCc2nc(NCCN)[nH]c(=O)c2C1. The maximum Gasteiger partial charge on any atom is 0.255 e. The molecule has 0 spiro atoms. The molecule has 16 heavy (non-hydrogen) atoms. The maximum atomic E-state index is 11.8. The van der Waals surface area contributed by atoms with Crippen LogP contribution in [-0.2, 0) is 12.8 Å². The van der Waals surface area contributed by atoms with Crippen LogP contribution in [0.1, 0.15) is 24.6 Å². The van der Waals surface area contributed by atoms with Crippen LogP contribution in [-0.4, -0.2) is 23.1 Å². The van der Waals surface area contributed by atoms with Gasteiger partial charge in [0.25, 0.3) is 5.56 Å². The molecule has 1 aliphatic rings. The molecule has 1 atom stereocenters. The number of aromatic nitrogens is 2. The van der Waals surface area contributed by atoms with Crippen LogP contribution < -0.4 is 16.6 Å². The van der Waals surface area contributed by atoms with Crippen molar-refractivity contribution in [2.24, 2.45) is 11.7 Å². The van der Waals surface area contributed by atoms with Crippen molar-refractivity contribution in [3.05, 3.63) is 21.6 Å². The highest BCUT2D eigenvalue weighted by atomic mass is 16.1. The molecule has 0 bridgehead atoms. The van der Waals surface area contributed by atoms with Gasteiger partial charge >= 0.3 is 0 Å². The largest absolute Gasteiger partial charge is 0.354 e. The Morgan fingerprint density at radius 3 is 3.19 bits per heavy atom. The molecule has 0 aromatic carbocycles. The van der Waals surface area contributed by atoms with Gasteiger partial charge in [-0.1, -0.05) is 6.92 Å². The number of hydrogen-bond donors (Lipinski definition) is 3. The summed E-state index contributed by atoms with van der Waals surface area (Å²) >= 11 is 0. The second-order valence-corrected chi connectivity index (χ2v) is 4.40. The third-order valence-electron chi connectivity index (χ3n) is 2.96. The molecule has 1 aromatic rings. The molecule has 5 heteroatoms. The lowest BCUT2D eigenvalue weighted by Gasteiger charge is -2.20. The quantitative estimate of drug-likeness (QED) is 0.685. The van der Waals surface area contributed by atoms with Gasteiger partial charge in [0.05, 0.1) is 5.69 Å². The molecule has 0 fully saturated rings. The van der Waals surface area contributed by atoms with Crippen LogP contribution in [0.15, 0.2) is 4.79 Å². The number of nitrogens with two attached hydrogens (primary N) is 1. The van der Waals surface area contributed by atoms with Crippen molar-refractivity contribution in [2.75, 3.05) is 18.4 Å². The standard InChI is InChI=1S/C11H18N4O/c1-7-2-3-9-8(6-7)10(16)15-11(14-9)13-5-4-12/h7H,2-6,12H2,1H3,(H2,13,14,15,16). The Kier molecular flexibility index (Phi) is 3.24. The van der Waals surface area contributed by atoms with Crippen molar-refractivity contribution < 1.29 is 0 Å². The minimum absolute atomic E-state index is 0.00364. The summed E-state index contributed by atoms with van der Waals surface area (Å²) in [5.41, 5.74) is 7.19. The minimum Gasteiger partial charge on any atom is -0.354 e. The lowest BCUT2D eigenvalue weighted by atomic mass is 9.89. The van der Waals surface area contributed by atoms with Crippen LogP contribution in [0.25, 0.3) is 0 Å². The molecule has 0 saturated carbocycles. The summed E-state index contributed by atoms with van der Waals surface area (Å²) in [7, 11) is 0. The summed E-state index contributed by atoms with van der Waals surface area (Å²) in [5.74, 6) is 1.13. The molecule has 0 amide bonds. The van der Waals surface area contributed by atoms with E-state index in [2.05, 4.69) is 22.2 Å². The van der Waals surface area contributed by atoms with Crippen LogP contribution in [0.3, 0.4) is 0 Å². The van der Waals surface area contributed by atoms with Crippen molar-refractivity contribution in [1.82, 2.24) is 9.97 Å². The summed E-state index contributed by atoms with van der Waals surface area (Å²) in [4.78, 5) is 19.0. The van der Waals surface area contributed by atoms with Gasteiger partial charge in [-0.2, -0.15) is 0 Å². The van der Waals surface area contributed by atoms with Gasteiger partial charge in [-0.3, -0.25) is 9.78 Å². The molecule has 5 nitrogen and oxygen atoms in total. The van der Waals surface area contributed by atoms with Crippen molar-refractivity contribution >= 4 is 5.95 Å². The van der Waals surface area contributed by atoms with E-state index in [4.69, 9.17) is 5.73 Å². The van der Waals surface area contributed by atoms with Gasteiger partial charge in [0.15, 0.2) is 0 Å². The maximum absolute atomic E-state index is 11.8. The molecule has 0 saturated heterocycles. The smallest absolute Gasteiger partial charge is 0.255 e. The Morgan fingerprint density at radius 2 is 2.44 bits per heavy atom. The molecule has 0 aliphatic heterocycles. The van der Waals surface area contributed by atoms with Gasteiger partial charge < -0.3 is 11.1 Å². The summed E-state index contributed by atoms with van der Waals surface area (Å²) in [5, 5.41) is 3.00. The van der Waals surface area contributed by atoms with Crippen LogP contribution in [0, 0.1) is 5.92 Å². The van der Waals surface area contributed by atoms with Crippen molar-refractivity contribution in [2.45, 2.75) is 26.2 Å². The molecule has 4 N–H and O–H groups in total. The third-order valence-corrected chi connectivity index (χ3v) is 2.96. The Hall–Kier alpha value is -1.36. The lowest BCUT2D eigenvalue weighted by Crippen LogP contribution is -2.26. The number of fused-ring (bicyclic) bond motifs is 1. The number of H-pyrrole nitrogens is 1. The predicted octanol–water partition coefficient (Wildman–Crippen LogP) is 0.265. The first-order chi connectivity index (χ1) is 7.70. The number of anilines is 1. The van der Waals surface area contributed by atoms with Gasteiger partial charge in [0.2, 0.25) is 5.95 Å². The number of nitrogens with zero attached hydrogens (tertiary/aromatic N) is 1. The average molecular weight is 222 g/mol. The van der Waals surface area contributed by atoms with Gasteiger partial charge in [-0.15, -0.1) is 0 Å². The van der Waals surface area contributed by atoms with Crippen molar-refractivity contribution in [3.63, 3.8) is 0 Å². The fraction of sp³-hybridized carbons (Fsp3) is 0.636. The topological polar surface area (TPSA) is 83.8 Å². The summed E-state index contributed by atoms with van der Waals surface area (Å²) < 4.78 is 0. The van der Waals surface area contributed by atoms with Gasteiger partial charge in [-0.25, -0.2) is 4.98 Å². The molecule has 1 aromatic heterocycles. The molecular formula is C11H18N4O. The van der Waals surface area contributed by atoms with E-state index in [9.17, 15) is 4.79 Å². The second kappa shape index (κ2) is 4.65. The summed E-state index contributed by atoms with van der Waals surface area (Å²) in [6.45, 7) is 3.32. The van der Waals surface area contributed by atoms with E-state index in [1.165, 1.54) is 0 Å². The zero-order chi connectivity index (χ0) is 11.5. The van der Waals surface area contributed by atoms with E-state index >= 15 is 0 Å². The summed E-state index contributed by atoms with van der Waals surface area (Å²) in [6, 6.07) is 0. The van der Waals surface area contributed by atoms with Crippen molar-refractivity contribution in [3.8, 4) is 0 Å². The number of rotatable bonds is 3. The van der Waals surface area contributed by atoms with E-state index in [0.29, 0.717) is 25.0 Å². The van der Waals surface area contributed by atoms with Gasteiger partial charge in [0, 0.05) is 18.7 Å². The molecule has 2 rings (SSSR count). The van der Waals surface area contributed by atoms with E-state index in [1.54, 1.807) is 0 Å². The van der Waals surface area contributed by atoms with Crippen LogP contribution >= 0.6 is 0 Å². The first-order valence-electron chi connectivity index (χ1n) is 5.76. The molecular weight excluding hydrogens is 204 g/mol. The minimum atomic E-state index is -0.00364. The van der Waals surface area contributed by atoms with Crippen LogP contribution in [0.5, 0.6) is 0 Å². The monoisotopic (exact) mass is 222 g/mol. The number of nitrogens with one attached hydrogen (secondary N) is 2. The van der Waals surface area contributed by atoms with Gasteiger partial charge in [0.1, 0.15) is 0 Å². The molecule has 1 heterocycles. The van der Waals surface area contributed by atoms with Crippen LogP contribution in [0.4, 0.5) is 5.95 Å². The van der Waals surface area contributed by atoms with E-state index in [-0.39, 0.29) is 5.56 Å². The molecule has 0 radical (unpaired) electrons. The predicted molar refractivity (Wildman–Crippen MR) is 63.6 cm³/mol. The van der Waals surface area contributed by atoms with Crippen LogP contribution in [0.2, 0.25) is 0 Å². The summed E-state index contributed by atoms with van der Waals surface area (Å²) in [6.07, 6.45) is 2.85. The first kappa shape index (κ1) is 11.1. The number of aryl methyl sites for hydroxylation is 1. The normalized spacial score (nSPS) is 19.2. The fourth-order valence-electron chi connectivity index (χ4n) is 2.07. The highest BCUT2D eigenvalue weighted by Crippen LogP contribution is 2.21. The van der Waals surface area contributed by atoms with Gasteiger partial charge in [-0.05, 0) is 25.2 Å². The Balaban J connectivity index is 2.28. The Bertz CT molecular complexity index is 426. The fourth-order valence-corrected chi connectivity index (χ4v) is 2.07. The first-order valence-corrected chi connectivity index (χ1v) is 5.76. The average Bonchev–Trinajstić information content (AvgIpc) is 2.27. The highest BCUT2D eigenvalue weighted by molar-refractivity contribution is 5.31.